The Bertz CT molecular complexity index is 451. The molecule has 0 spiro atoms. The first kappa shape index (κ1) is 15.4. The third-order valence-electron chi connectivity index (χ3n) is 3.31. The van der Waals surface area contributed by atoms with Crippen LogP contribution in [-0.4, -0.2) is 25.1 Å². The molecule has 1 atom stereocenters. The second-order valence-electron chi connectivity index (χ2n) is 4.81. The summed E-state index contributed by atoms with van der Waals surface area (Å²) in [5.41, 5.74) is 5.37. The van der Waals surface area contributed by atoms with E-state index in [0.29, 0.717) is 25.2 Å². The van der Waals surface area contributed by atoms with E-state index in [1.807, 2.05) is 0 Å². The number of nitrogens with one attached hydrogen (secondary N) is 1. The van der Waals surface area contributed by atoms with Crippen molar-refractivity contribution in [3.05, 3.63) is 29.6 Å². The van der Waals surface area contributed by atoms with Gasteiger partial charge < -0.3 is 15.8 Å². The van der Waals surface area contributed by atoms with Gasteiger partial charge in [-0.15, -0.1) is 0 Å². The average molecular weight is 268 g/mol. The predicted octanol–water partition coefficient (Wildman–Crippen LogP) is 1.76. The van der Waals surface area contributed by atoms with E-state index in [2.05, 4.69) is 5.32 Å². The zero-order valence-corrected chi connectivity index (χ0v) is 11.6. The highest BCUT2D eigenvalue weighted by Crippen LogP contribution is 2.19. The first-order valence-electron chi connectivity index (χ1n) is 6.27. The fourth-order valence-electron chi connectivity index (χ4n) is 1.75. The lowest BCUT2D eigenvalue weighted by molar-refractivity contribution is -0.123. The smallest absolute Gasteiger partial charge is 0.237 e. The van der Waals surface area contributed by atoms with Gasteiger partial charge in [0.2, 0.25) is 5.91 Å². The van der Waals surface area contributed by atoms with Gasteiger partial charge in [0.15, 0.2) is 0 Å². The minimum absolute atomic E-state index is 0.277. The number of likely N-dealkylation sites (N-methyl/N-ethyl adjacent to an activating group) is 1. The van der Waals surface area contributed by atoms with Gasteiger partial charge in [-0.3, -0.25) is 4.79 Å². The summed E-state index contributed by atoms with van der Waals surface area (Å²) in [7, 11) is 1.70. The quantitative estimate of drug-likeness (QED) is 0.741. The fourth-order valence-corrected chi connectivity index (χ4v) is 1.75. The zero-order valence-electron chi connectivity index (χ0n) is 11.6. The van der Waals surface area contributed by atoms with Gasteiger partial charge >= 0.3 is 0 Å². The first-order chi connectivity index (χ1) is 8.89. The zero-order chi connectivity index (χ0) is 14.5. The minimum Gasteiger partial charge on any atom is -0.493 e. The van der Waals surface area contributed by atoms with Crippen LogP contribution >= 0.6 is 0 Å². The lowest BCUT2D eigenvalue weighted by atomic mass is 9.95. The molecule has 0 saturated heterocycles. The molecule has 0 aliphatic rings. The van der Waals surface area contributed by atoms with Gasteiger partial charge in [-0.2, -0.15) is 0 Å². The summed E-state index contributed by atoms with van der Waals surface area (Å²) < 4.78 is 18.5. The summed E-state index contributed by atoms with van der Waals surface area (Å²) in [4.78, 5) is 11.3. The molecule has 106 valence electrons. The van der Waals surface area contributed by atoms with Crippen LogP contribution in [0.15, 0.2) is 18.2 Å². The molecule has 5 heteroatoms. The number of carbonyl (C=O) groups is 1. The molecule has 0 fully saturated rings. The van der Waals surface area contributed by atoms with Crippen molar-refractivity contribution in [2.24, 2.45) is 5.73 Å². The van der Waals surface area contributed by atoms with Crippen LogP contribution in [-0.2, 0) is 4.79 Å². The maximum Gasteiger partial charge on any atom is 0.237 e. The third kappa shape index (κ3) is 4.21. The molecule has 0 aliphatic heterocycles. The number of carbonyl (C=O) groups excluding carboxylic acids is 1. The van der Waals surface area contributed by atoms with Crippen LogP contribution in [0.2, 0.25) is 0 Å². The summed E-state index contributed by atoms with van der Waals surface area (Å²) in [6.45, 7) is 4.01. The van der Waals surface area contributed by atoms with Crippen molar-refractivity contribution in [2.45, 2.75) is 32.2 Å². The van der Waals surface area contributed by atoms with E-state index >= 15 is 0 Å². The second kappa shape index (κ2) is 6.52. The Morgan fingerprint density at radius 1 is 1.53 bits per heavy atom. The van der Waals surface area contributed by atoms with Crippen molar-refractivity contribution in [1.29, 1.82) is 0 Å². The summed E-state index contributed by atoms with van der Waals surface area (Å²) in [5, 5.41) is 2.92. The third-order valence-corrected chi connectivity index (χ3v) is 3.31. The van der Waals surface area contributed by atoms with E-state index in [-0.39, 0.29) is 11.7 Å². The number of amides is 1. The number of benzene rings is 1. The van der Waals surface area contributed by atoms with Crippen LogP contribution in [0.1, 0.15) is 25.3 Å². The number of nitrogens with two attached hydrogens (primary N) is 1. The maximum absolute atomic E-state index is 12.9. The number of rotatable bonds is 7. The van der Waals surface area contributed by atoms with Crippen LogP contribution in [0.3, 0.4) is 0 Å². The minimum atomic E-state index is -0.721. The summed E-state index contributed by atoms with van der Waals surface area (Å²) in [6.07, 6.45) is 1.26. The van der Waals surface area contributed by atoms with Crippen LogP contribution in [0.25, 0.3) is 0 Å². The Labute approximate surface area is 113 Å². The number of aryl methyl sites for hydroxylation is 1. The molecular weight excluding hydrogens is 247 g/mol. The predicted molar refractivity (Wildman–Crippen MR) is 72.5 cm³/mol. The highest BCUT2D eigenvalue weighted by Gasteiger charge is 2.28. The molecule has 0 aromatic heterocycles. The molecule has 0 radical (unpaired) electrons. The van der Waals surface area contributed by atoms with E-state index in [0.717, 1.165) is 5.56 Å². The SMILES string of the molecule is CNC(C)(CCCOc1ccc(F)cc1C)C(N)=O. The molecule has 3 N–H and O–H groups in total. The molecule has 0 heterocycles. The van der Waals surface area contributed by atoms with Crippen LogP contribution in [0.5, 0.6) is 5.75 Å². The standard InChI is InChI=1S/C14H21FN2O2/c1-10-9-11(15)5-6-12(10)19-8-4-7-14(2,17-3)13(16)18/h5-6,9,17H,4,7-8H2,1-3H3,(H2,16,18). The molecule has 0 saturated carbocycles. The molecule has 1 unspecified atom stereocenters. The van der Waals surface area contributed by atoms with E-state index in [1.54, 1.807) is 27.0 Å². The van der Waals surface area contributed by atoms with Gasteiger partial charge in [-0.1, -0.05) is 0 Å². The van der Waals surface area contributed by atoms with Crippen molar-refractivity contribution in [2.75, 3.05) is 13.7 Å². The molecular formula is C14H21FN2O2. The van der Waals surface area contributed by atoms with Gasteiger partial charge in [0.25, 0.3) is 0 Å². The van der Waals surface area contributed by atoms with E-state index < -0.39 is 5.54 Å². The summed E-state index contributed by atoms with van der Waals surface area (Å²) in [6, 6.07) is 4.40. The average Bonchev–Trinajstić information content (AvgIpc) is 2.36. The lowest BCUT2D eigenvalue weighted by Gasteiger charge is -2.25. The normalized spacial score (nSPS) is 13.9. The molecule has 0 bridgehead atoms. The molecule has 1 aromatic carbocycles. The number of primary amides is 1. The van der Waals surface area contributed by atoms with Crippen LogP contribution in [0.4, 0.5) is 4.39 Å². The Hall–Kier alpha value is -1.62. The van der Waals surface area contributed by atoms with Gasteiger partial charge in [0, 0.05) is 0 Å². The van der Waals surface area contributed by atoms with E-state index in [4.69, 9.17) is 10.5 Å². The maximum atomic E-state index is 12.9. The molecule has 19 heavy (non-hydrogen) atoms. The van der Waals surface area contributed by atoms with Crippen molar-refractivity contribution >= 4 is 5.91 Å². The van der Waals surface area contributed by atoms with Crippen molar-refractivity contribution in [3.63, 3.8) is 0 Å². The monoisotopic (exact) mass is 268 g/mol. The van der Waals surface area contributed by atoms with Gasteiger partial charge in [-0.05, 0) is 57.5 Å². The summed E-state index contributed by atoms with van der Waals surface area (Å²) in [5.74, 6) is 0.000866. The van der Waals surface area contributed by atoms with Crippen molar-refractivity contribution < 1.29 is 13.9 Å². The van der Waals surface area contributed by atoms with Crippen molar-refractivity contribution in [1.82, 2.24) is 5.32 Å². The van der Waals surface area contributed by atoms with Gasteiger partial charge in [0.1, 0.15) is 11.6 Å². The Kier molecular flexibility index (Phi) is 5.30. The van der Waals surface area contributed by atoms with E-state index in [9.17, 15) is 9.18 Å². The number of hydrogen-bond donors (Lipinski definition) is 2. The van der Waals surface area contributed by atoms with Gasteiger partial charge in [-0.25, -0.2) is 4.39 Å². The Morgan fingerprint density at radius 3 is 2.74 bits per heavy atom. The number of ether oxygens (including phenoxy) is 1. The second-order valence-corrected chi connectivity index (χ2v) is 4.81. The largest absolute Gasteiger partial charge is 0.493 e. The molecule has 0 aliphatic carbocycles. The molecule has 1 rings (SSSR count). The first-order valence-corrected chi connectivity index (χ1v) is 6.27. The van der Waals surface area contributed by atoms with Gasteiger partial charge in [0.05, 0.1) is 12.1 Å². The number of hydrogen-bond acceptors (Lipinski definition) is 3. The fraction of sp³-hybridized carbons (Fsp3) is 0.500. The Morgan fingerprint density at radius 2 is 2.21 bits per heavy atom. The van der Waals surface area contributed by atoms with Crippen molar-refractivity contribution in [3.8, 4) is 5.75 Å². The molecule has 1 aromatic rings. The molecule has 4 nitrogen and oxygen atoms in total. The Balaban J connectivity index is 2.45. The van der Waals surface area contributed by atoms with E-state index in [1.165, 1.54) is 12.1 Å². The lowest BCUT2D eigenvalue weighted by Crippen LogP contribution is -2.51. The topological polar surface area (TPSA) is 64.3 Å². The summed E-state index contributed by atoms with van der Waals surface area (Å²) >= 11 is 0. The highest BCUT2D eigenvalue weighted by molar-refractivity contribution is 5.84. The van der Waals surface area contributed by atoms with Crippen LogP contribution in [0, 0.1) is 12.7 Å². The molecule has 1 amide bonds. The van der Waals surface area contributed by atoms with Crippen LogP contribution < -0.4 is 15.8 Å². The number of halogens is 1. The highest BCUT2D eigenvalue weighted by atomic mass is 19.1.